The van der Waals surface area contributed by atoms with E-state index in [9.17, 15) is 5.11 Å². The average Bonchev–Trinajstić information content (AvgIpc) is 2.94. The summed E-state index contributed by atoms with van der Waals surface area (Å²) in [5, 5.41) is 12.6. The summed E-state index contributed by atoms with van der Waals surface area (Å²) < 4.78 is 2.17. The van der Waals surface area contributed by atoms with E-state index in [4.69, 9.17) is 0 Å². The van der Waals surface area contributed by atoms with Crippen LogP contribution in [-0.4, -0.2) is 10.1 Å². The minimum atomic E-state index is -0.544. The SMILES string of the molecule is CC(O)c1[nH]c2ccccc2[n+]1Cc1cccc2ccccc12. The smallest absolute Gasteiger partial charge is 0.284 e. The molecule has 0 aliphatic carbocycles. The Morgan fingerprint density at radius 1 is 0.957 bits per heavy atom. The number of aliphatic hydroxyl groups is 1. The molecule has 0 bridgehead atoms. The van der Waals surface area contributed by atoms with Crippen LogP contribution in [0.15, 0.2) is 66.7 Å². The maximum Gasteiger partial charge on any atom is 0.284 e. The number of rotatable bonds is 3. The topological polar surface area (TPSA) is 39.9 Å². The lowest BCUT2D eigenvalue weighted by molar-refractivity contribution is -0.673. The molecule has 3 heteroatoms. The maximum absolute atomic E-state index is 10.1. The van der Waals surface area contributed by atoms with Gasteiger partial charge < -0.3 is 5.11 Å². The van der Waals surface area contributed by atoms with Crippen LogP contribution in [0.2, 0.25) is 0 Å². The van der Waals surface area contributed by atoms with Gasteiger partial charge in [-0.05, 0) is 29.8 Å². The Hall–Kier alpha value is -2.65. The fourth-order valence-electron chi connectivity index (χ4n) is 3.25. The maximum atomic E-state index is 10.1. The van der Waals surface area contributed by atoms with E-state index in [-0.39, 0.29) is 0 Å². The van der Waals surface area contributed by atoms with Gasteiger partial charge in [-0.1, -0.05) is 54.6 Å². The van der Waals surface area contributed by atoms with Crippen molar-refractivity contribution in [3.05, 3.63) is 78.1 Å². The van der Waals surface area contributed by atoms with Crippen LogP contribution in [0.4, 0.5) is 0 Å². The van der Waals surface area contributed by atoms with Gasteiger partial charge in [0.15, 0.2) is 17.1 Å². The number of para-hydroxylation sites is 2. The van der Waals surface area contributed by atoms with Crippen molar-refractivity contribution in [1.82, 2.24) is 4.98 Å². The van der Waals surface area contributed by atoms with Gasteiger partial charge in [0.1, 0.15) is 6.54 Å². The van der Waals surface area contributed by atoms with Crippen molar-refractivity contribution in [2.24, 2.45) is 0 Å². The van der Waals surface area contributed by atoms with E-state index >= 15 is 0 Å². The van der Waals surface area contributed by atoms with Gasteiger partial charge in [0.2, 0.25) is 0 Å². The lowest BCUT2D eigenvalue weighted by Gasteiger charge is -2.07. The Bertz CT molecular complexity index is 980. The van der Waals surface area contributed by atoms with Gasteiger partial charge in [-0.2, -0.15) is 0 Å². The number of imidazole rings is 1. The van der Waals surface area contributed by atoms with Crippen molar-refractivity contribution in [3.8, 4) is 0 Å². The van der Waals surface area contributed by atoms with E-state index in [0.29, 0.717) is 0 Å². The molecule has 4 aromatic rings. The highest BCUT2D eigenvalue weighted by atomic mass is 16.3. The Morgan fingerprint density at radius 3 is 2.57 bits per heavy atom. The zero-order chi connectivity index (χ0) is 15.8. The fourth-order valence-corrected chi connectivity index (χ4v) is 3.25. The third-order valence-corrected chi connectivity index (χ3v) is 4.35. The first-order valence-corrected chi connectivity index (χ1v) is 7.89. The van der Waals surface area contributed by atoms with Crippen LogP contribution < -0.4 is 4.57 Å². The van der Waals surface area contributed by atoms with Crippen LogP contribution in [0.1, 0.15) is 24.4 Å². The summed E-state index contributed by atoms with van der Waals surface area (Å²) in [6.45, 7) is 2.52. The highest BCUT2D eigenvalue weighted by Gasteiger charge is 2.22. The molecule has 23 heavy (non-hydrogen) atoms. The molecule has 3 aromatic carbocycles. The number of benzene rings is 3. The number of aromatic nitrogens is 2. The molecule has 0 aliphatic heterocycles. The zero-order valence-corrected chi connectivity index (χ0v) is 13.0. The predicted octanol–water partition coefficient (Wildman–Crippen LogP) is 3.71. The van der Waals surface area contributed by atoms with Crippen LogP contribution in [0.25, 0.3) is 21.8 Å². The lowest BCUT2D eigenvalue weighted by atomic mass is 10.0. The van der Waals surface area contributed by atoms with E-state index < -0.39 is 6.10 Å². The van der Waals surface area contributed by atoms with Gasteiger partial charge in [0, 0.05) is 5.56 Å². The molecule has 3 nitrogen and oxygen atoms in total. The summed E-state index contributed by atoms with van der Waals surface area (Å²) in [6.07, 6.45) is -0.544. The summed E-state index contributed by atoms with van der Waals surface area (Å²) in [7, 11) is 0. The molecular weight excluding hydrogens is 284 g/mol. The van der Waals surface area contributed by atoms with E-state index in [1.165, 1.54) is 16.3 Å². The Kier molecular flexibility index (Phi) is 3.36. The van der Waals surface area contributed by atoms with Gasteiger partial charge in [0.25, 0.3) is 5.82 Å². The largest absolute Gasteiger partial charge is 0.381 e. The Labute approximate surface area is 134 Å². The van der Waals surface area contributed by atoms with Crippen LogP contribution in [0.3, 0.4) is 0 Å². The van der Waals surface area contributed by atoms with E-state index in [1.54, 1.807) is 6.92 Å². The molecule has 4 rings (SSSR count). The number of aliphatic hydroxyl groups excluding tert-OH is 1. The van der Waals surface area contributed by atoms with Gasteiger partial charge in [-0.3, -0.25) is 0 Å². The fraction of sp³-hybridized carbons (Fsp3) is 0.150. The molecule has 0 amide bonds. The molecule has 1 heterocycles. The van der Waals surface area contributed by atoms with Crippen molar-refractivity contribution in [2.45, 2.75) is 19.6 Å². The summed E-state index contributed by atoms with van der Waals surface area (Å²) in [6, 6.07) is 23.0. The average molecular weight is 303 g/mol. The second kappa shape index (κ2) is 5.52. The van der Waals surface area contributed by atoms with Crippen molar-refractivity contribution in [3.63, 3.8) is 0 Å². The Balaban J connectivity index is 1.91. The Morgan fingerprint density at radius 2 is 1.70 bits per heavy atom. The molecule has 0 aliphatic rings. The third-order valence-electron chi connectivity index (χ3n) is 4.35. The van der Waals surface area contributed by atoms with Crippen LogP contribution in [0.5, 0.6) is 0 Å². The standard InChI is InChI=1S/C20H18N2O/c1-14(23)20-21-18-11-4-5-12-19(18)22(20)13-16-9-6-8-15-7-2-3-10-17(15)16/h2-12,14,23H,13H2,1H3/p+1. The van der Waals surface area contributed by atoms with Gasteiger partial charge in [-0.15, -0.1) is 0 Å². The first-order valence-electron chi connectivity index (χ1n) is 7.89. The number of hydrogen-bond acceptors (Lipinski definition) is 1. The number of H-pyrrole nitrogens is 1. The van der Waals surface area contributed by atoms with Crippen LogP contribution in [0, 0.1) is 0 Å². The monoisotopic (exact) mass is 303 g/mol. The quantitative estimate of drug-likeness (QED) is 0.556. The lowest BCUT2D eigenvalue weighted by Crippen LogP contribution is -2.38. The van der Waals surface area contributed by atoms with Crippen molar-refractivity contribution in [2.75, 3.05) is 0 Å². The molecule has 1 atom stereocenters. The number of nitrogens with one attached hydrogen (secondary N) is 1. The molecule has 1 unspecified atom stereocenters. The molecule has 1 aromatic heterocycles. The molecule has 0 radical (unpaired) electrons. The molecule has 114 valence electrons. The summed E-state index contributed by atoms with van der Waals surface area (Å²) in [5.41, 5.74) is 3.40. The molecule has 0 fully saturated rings. The third kappa shape index (κ3) is 2.39. The highest BCUT2D eigenvalue weighted by molar-refractivity contribution is 5.85. The minimum absolute atomic E-state index is 0.544. The first-order chi connectivity index (χ1) is 11.2. The van der Waals surface area contributed by atoms with Crippen molar-refractivity contribution >= 4 is 21.8 Å². The second-order valence-electron chi connectivity index (χ2n) is 5.93. The second-order valence-corrected chi connectivity index (χ2v) is 5.93. The molecule has 0 saturated carbocycles. The van der Waals surface area contributed by atoms with E-state index in [1.807, 2.05) is 18.2 Å². The molecular formula is C20H19N2O+. The normalized spacial score (nSPS) is 12.8. The zero-order valence-electron chi connectivity index (χ0n) is 13.0. The minimum Gasteiger partial charge on any atom is -0.381 e. The summed E-state index contributed by atoms with van der Waals surface area (Å²) in [5.74, 6) is 0.833. The van der Waals surface area contributed by atoms with E-state index in [0.717, 1.165) is 23.4 Å². The van der Waals surface area contributed by atoms with Crippen LogP contribution >= 0.6 is 0 Å². The highest BCUT2D eigenvalue weighted by Crippen LogP contribution is 2.20. The van der Waals surface area contributed by atoms with Gasteiger partial charge >= 0.3 is 0 Å². The first kappa shape index (κ1) is 14.0. The van der Waals surface area contributed by atoms with Gasteiger partial charge in [-0.25, -0.2) is 9.55 Å². The summed E-state index contributed by atoms with van der Waals surface area (Å²) >= 11 is 0. The number of nitrogens with zero attached hydrogens (tertiary/aromatic N) is 1. The number of fused-ring (bicyclic) bond motifs is 2. The van der Waals surface area contributed by atoms with Crippen molar-refractivity contribution in [1.29, 1.82) is 0 Å². The molecule has 0 saturated heterocycles. The van der Waals surface area contributed by atoms with Crippen LogP contribution in [-0.2, 0) is 6.54 Å². The molecule has 0 spiro atoms. The summed E-state index contributed by atoms with van der Waals surface area (Å²) in [4.78, 5) is 3.34. The number of aromatic amines is 1. The van der Waals surface area contributed by atoms with Crippen molar-refractivity contribution < 1.29 is 9.67 Å². The van der Waals surface area contributed by atoms with E-state index in [2.05, 4.69) is 58.1 Å². The predicted molar refractivity (Wildman–Crippen MR) is 92.2 cm³/mol. The number of hydrogen-bond donors (Lipinski definition) is 2. The molecule has 2 N–H and O–H groups in total. The van der Waals surface area contributed by atoms with Gasteiger partial charge in [0.05, 0.1) is 0 Å².